The van der Waals surface area contributed by atoms with Crippen LogP contribution in [0.3, 0.4) is 0 Å². The highest BCUT2D eigenvalue weighted by atomic mass is 16.6. The first kappa shape index (κ1) is 94.4. The normalized spacial score (nSPS) is 11.3. The highest BCUT2D eigenvalue weighted by Gasteiger charge is 2.08. The molecule has 0 rings (SSSR count). The first-order valence-corrected chi connectivity index (χ1v) is 33.4. The number of carbonyl (C=O) groups is 3. The monoisotopic (exact) mass is 1190 g/mol. The van der Waals surface area contributed by atoms with Gasteiger partial charge in [0, 0.05) is 57.3 Å². The van der Waals surface area contributed by atoms with Crippen molar-refractivity contribution in [3.8, 4) is 0 Å². The van der Waals surface area contributed by atoms with Gasteiger partial charge >= 0.3 is 12.1 Å². The van der Waals surface area contributed by atoms with E-state index in [1.54, 1.807) is 0 Å². The SMILES string of the molecule is CC(C)CCN(C)CCOC(C)C.CC(C)CCNC(=O)C(C)C.CC(C)CCNC(=O)NC(C)C.CC(C)CCNC(=O)OC(C)C.CC(C)CCNC(C)C.CC(C)CCNCCOC(C)C.CCN(CCOC(C)C)CCC(C)C. The smallest absolute Gasteiger partial charge is 0.407 e. The van der Waals surface area contributed by atoms with Gasteiger partial charge in [-0.15, -0.1) is 0 Å². The summed E-state index contributed by atoms with van der Waals surface area (Å²) in [5, 5.41) is 17.8. The molecule has 0 saturated heterocycles. The first-order chi connectivity index (χ1) is 38.4. The highest BCUT2D eigenvalue weighted by Crippen LogP contribution is 2.04. The molecule has 0 aliphatic rings. The van der Waals surface area contributed by atoms with Gasteiger partial charge in [0.15, 0.2) is 0 Å². The predicted octanol–water partition coefficient (Wildman–Crippen LogP) is 15.0. The Hall–Kier alpha value is -2.27. The minimum absolute atomic E-state index is 0.0379. The van der Waals surface area contributed by atoms with E-state index in [4.69, 9.17) is 18.9 Å². The zero-order valence-corrected chi connectivity index (χ0v) is 61.2. The van der Waals surface area contributed by atoms with Gasteiger partial charge in [-0.25, -0.2) is 9.59 Å². The fourth-order valence-electron chi connectivity index (χ4n) is 6.06. The third-order valence-corrected chi connectivity index (χ3v) is 11.5. The van der Waals surface area contributed by atoms with E-state index in [0.29, 0.717) is 48.7 Å². The van der Waals surface area contributed by atoms with Crippen molar-refractivity contribution in [2.75, 3.05) is 98.9 Å². The van der Waals surface area contributed by atoms with Crippen LogP contribution in [0.5, 0.6) is 0 Å². The third kappa shape index (κ3) is 108. The average Bonchev–Trinajstić information content (AvgIpc) is 3.32. The second kappa shape index (κ2) is 67.2. The molecule has 0 aliphatic carbocycles. The van der Waals surface area contributed by atoms with E-state index in [9.17, 15) is 14.4 Å². The predicted molar refractivity (Wildman–Crippen MR) is 364 cm³/mol. The van der Waals surface area contributed by atoms with Crippen LogP contribution in [0.15, 0.2) is 0 Å². The topological polar surface area (TPSA) is 167 Å². The van der Waals surface area contributed by atoms with Crippen LogP contribution in [0.1, 0.15) is 246 Å². The molecule has 0 fully saturated rings. The minimum atomic E-state index is -0.314. The summed E-state index contributed by atoms with van der Waals surface area (Å²) in [7, 11) is 2.16. The zero-order valence-electron chi connectivity index (χ0n) is 61.2. The number of hydrogen-bond acceptors (Lipinski definition) is 11. The zero-order chi connectivity index (χ0) is 65.9. The number of hydrogen-bond donors (Lipinski definition) is 6. The maximum atomic E-state index is 11.0. The number of likely N-dealkylation sites (N-methyl/N-ethyl adjacent to an activating group) is 2. The first-order valence-electron chi connectivity index (χ1n) is 33.4. The summed E-state index contributed by atoms with van der Waals surface area (Å²) in [6, 6.07) is 0.790. The fourth-order valence-corrected chi connectivity index (χ4v) is 6.06. The lowest BCUT2D eigenvalue weighted by Gasteiger charge is -2.21. The van der Waals surface area contributed by atoms with Crippen molar-refractivity contribution >= 4 is 18.0 Å². The van der Waals surface area contributed by atoms with Gasteiger partial charge in [0.05, 0.1) is 44.2 Å². The second-order valence-corrected chi connectivity index (χ2v) is 27.0. The summed E-state index contributed by atoms with van der Waals surface area (Å²) < 4.78 is 21.3. The van der Waals surface area contributed by atoms with E-state index in [2.05, 4.69) is 208 Å². The van der Waals surface area contributed by atoms with Gasteiger partial charge in [0.2, 0.25) is 5.91 Å². The largest absolute Gasteiger partial charge is 0.447 e. The lowest BCUT2D eigenvalue weighted by atomic mass is 10.1. The summed E-state index contributed by atoms with van der Waals surface area (Å²) >= 11 is 0. The Kier molecular flexibility index (Phi) is 76.5. The van der Waals surface area contributed by atoms with Crippen molar-refractivity contribution < 1.29 is 33.3 Å². The average molecular weight is 1190 g/mol. The molecule has 0 aromatic carbocycles. The Bertz CT molecular complexity index is 1260. The summed E-state index contributed by atoms with van der Waals surface area (Å²) in [5.41, 5.74) is 0. The molecule has 0 aliphatic heterocycles. The number of rotatable bonds is 38. The van der Waals surface area contributed by atoms with Gasteiger partial charge < -0.3 is 60.6 Å². The van der Waals surface area contributed by atoms with Crippen LogP contribution < -0.4 is 31.9 Å². The van der Waals surface area contributed by atoms with Crippen LogP contribution >= 0.6 is 0 Å². The molecule has 4 amide bonds. The van der Waals surface area contributed by atoms with E-state index >= 15 is 0 Å². The molecule has 0 aromatic heterocycles. The number of ether oxygens (including phenoxy) is 4. The van der Waals surface area contributed by atoms with E-state index in [-0.39, 0.29) is 36.1 Å². The summed E-state index contributed by atoms with van der Waals surface area (Å²) in [4.78, 5) is 37.7. The summed E-state index contributed by atoms with van der Waals surface area (Å²) in [5.74, 6) is 5.42. The van der Waals surface area contributed by atoms with E-state index in [0.717, 1.165) is 115 Å². The van der Waals surface area contributed by atoms with Crippen LogP contribution in [0.2, 0.25) is 0 Å². The Morgan fingerprint density at radius 1 is 0.386 bits per heavy atom. The number of urea groups is 1. The van der Waals surface area contributed by atoms with Crippen molar-refractivity contribution in [1.82, 2.24) is 41.7 Å². The maximum absolute atomic E-state index is 11.0. The molecule has 0 bridgehead atoms. The van der Waals surface area contributed by atoms with Crippen LogP contribution in [0.25, 0.3) is 0 Å². The number of nitrogens with zero attached hydrogens (tertiary/aromatic N) is 2. The standard InChI is InChI=1S/C12H27NO.C11H25NO.C10H23NO.C9H20N2O.C9H19NO2.C9H19NO.C8H19N/c1-6-13(8-7-11(2)3)9-10-14-12(4)5;1-10(2)6-7-12(5)8-9-13-11(3)4;1-9(2)5-6-11-7-8-12-10(3)4;1-7(2)5-6-10-9(12)11-8(3)4;1-7(2)5-6-10-9(11)12-8(3)4;1-7(2)5-6-10-9(11)8(3)4;1-7(2)5-6-9-8(3)4/h11-12H,6-10H2,1-5H3;10-11H,6-9H2,1-5H3;9-11H,5-8H2,1-4H3;7-8H,5-6H2,1-4H3,(H2,10,11,12);7-8H,5-6H2,1-4H3,(H,10,11);7-8H,5-6H2,1-4H3,(H,10,11);7-9H,5-6H2,1-4H3. The molecule has 0 unspecified atom stereocenters. The van der Waals surface area contributed by atoms with Crippen molar-refractivity contribution in [3.63, 3.8) is 0 Å². The van der Waals surface area contributed by atoms with Gasteiger partial charge in [-0.05, 0) is 195 Å². The molecule has 0 aromatic rings. The fraction of sp³-hybridized carbons (Fsp3) is 0.956. The number of nitrogens with one attached hydrogen (secondary N) is 6. The van der Waals surface area contributed by atoms with Gasteiger partial charge in [0.1, 0.15) is 0 Å². The molecule has 506 valence electrons. The Morgan fingerprint density at radius 3 is 1.16 bits per heavy atom. The Labute approximate surface area is 519 Å². The van der Waals surface area contributed by atoms with Crippen molar-refractivity contribution in [1.29, 1.82) is 0 Å². The molecule has 6 N–H and O–H groups in total. The van der Waals surface area contributed by atoms with Crippen molar-refractivity contribution in [2.45, 2.75) is 282 Å². The van der Waals surface area contributed by atoms with Crippen LogP contribution in [0, 0.1) is 47.3 Å². The van der Waals surface area contributed by atoms with Gasteiger partial charge in [0.25, 0.3) is 0 Å². The van der Waals surface area contributed by atoms with E-state index in [1.807, 2.05) is 41.5 Å². The van der Waals surface area contributed by atoms with E-state index in [1.165, 1.54) is 38.8 Å². The quantitative estimate of drug-likeness (QED) is 0.0326. The number of amides is 4. The van der Waals surface area contributed by atoms with Crippen molar-refractivity contribution in [3.05, 3.63) is 0 Å². The Morgan fingerprint density at radius 2 is 0.771 bits per heavy atom. The second-order valence-electron chi connectivity index (χ2n) is 27.0. The lowest BCUT2D eigenvalue weighted by Crippen LogP contribution is -2.40. The van der Waals surface area contributed by atoms with E-state index < -0.39 is 0 Å². The van der Waals surface area contributed by atoms with Gasteiger partial charge in [-0.2, -0.15) is 0 Å². The molecule has 0 spiro atoms. The van der Waals surface area contributed by atoms with Crippen LogP contribution in [0.4, 0.5) is 9.59 Å². The highest BCUT2D eigenvalue weighted by molar-refractivity contribution is 5.77. The number of carbonyl (C=O) groups excluding carboxylic acids is 3. The summed E-state index contributed by atoms with van der Waals surface area (Å²) in [6.45, 7) is 75.0. The minimum Gasteiger partial charge on any atom is -0.447 e. The van der Waals surface area contributed by atoms with Crippen LogP contribution in [-0.2, 0) is 23.7 Å². The molecule has 15 heteroatoms. The van der Waals surface area contributed by atoms with Gasteiger partial charge in [-0.3, -0.25) is 4.79 Å². The van der Waals surface area contributed by atoms with Crippen LogP contribution in [-0.4, -0.2) is 163 Å². The number of alkyl carbamates (subject to hydrolysis) is 1. The summed E-state index contributed by atoms with van der Waals surface area (Å²) in [6.07, 6.45) is 8.92. The molecule has 0 atom stereocenters. The Balaban J connectivity index is -0.000000163. The molecule has 0 heterocycles. The van der Waals surface area contributed by atoms with Crippen molar-refractivity contribution in [2.24, 2.45) is 47.3 Å². The van der Waals surface area contributed by atoms with Gasteiger partial charge in [-0.1, -0.05) is 132 Å². The molecule has 0 saturated carbocycles. The molecule has 83 heavy (non-hydrogen) atoms. The lowest BCUT2D eigenvalue weighted by molar-refractivity contribution is -0.124. The molecule has 0 radical (unpaired) electrons. The molecular weight excluding hydrogens is 1040 g/mol. The third-order valence-electron chi connectivity index (χ3n) is 11.5. The molecule has 15 nitrogen and oxygen atoms in total. The molecular formula is C68H152N8O7. The maximum Gasteiger partial charge on any atom is 0.407 e.